The molecule has 1 atom stereocenters. The first-order valence-corrected chi connectivity index (χ1v) is 8.12. The highest BCUT2D eigenvalue weighted by Crippen LogP contribution is 2.40. The third-order valence-corrected chi connectivity index (χ3v) is 4.99. The maximum absolute atomic E-state index is 10.5. The van der Waals surface area contributed by atoms with Gasteiger partial charge in [-0.3, -0.25) is 4.90 Å². The normalized spacial score (nSPS) is 16.2. The van der Waals surface area contributed by atoms with Crippen LogP contribution in [0.1, 0.15) is 22.0 Å². The first-order valence-electron chi connectivity index (χ1n) is 7.24. The molecule has 2 heterocycles. The number of anilines is 1. The second-order valence-corrected chi connectivity index (χ2v) is 6.42. The summed E-state index contributed by atoms with van der Waals surface area (Å²) in [6, 6.07) is 8.05. The molecule has 1 aromatic carbocycles. The van der Waals surface area contributed by atoms with E-state index in [-0.39, 0.29) is 36.6 Å². The highest BCUT2D eigenvalue weighted by atomic mass is 35.5. The van der Waals surface area contributed by atoms with Crippen LogP contribution < -0.4 is 11.1 Å². The van der Waals surface area contributed by atoms with E-state index in [1.165, 1.54) is 4.88 Å². The number of aryl methyl sites for hydroxylation is 1. The lowest BCUT2D eigenvalue weighted by molar-refractivity contribution is 0.197. The van der Waals surface area contributed by atoms with Crippen LogP contribution in [0.25, 0.3) is 0 Å². The first-order chi connectivity index (χ1) is 10.2. The quantitative estimate of drug-likeness (QED) is 0.569. The number of aromatic hydroxyl groups is 1. The second kappa shape index (κ2) is 8.76. The number of hydrogen-bond acceptors (Lipinski definition) is 5. The summed E-state index contributed by atoms with van der Waals surface area (Å²) in [5, 5.41) is 16.0. The Morgan fingerprint density at radius 2 is 1.91 bits per heavy atom. The van der Waals surface area contributed by atoms with Gasteiger partial charge in [0.1, 0.15) is 5.75 Å². The molecule has 128 valence electrons. The fourth-order valence-electron chi connectivity index (χ4n) is 2.96. The van der Waals surface area contributed by atoms with Crippen LogP contribution in [-0.2, 0) is 0 Å². The molecule has 1 fully saturated rings. The number of phenolic OH excluding ortho intramolecular Hbond substituents is 1. The molecular formula is C16H23Cl2N3OS. The minimum Gasteiger partial charge on any atom is -0.505 e. The van der Waals surface area contributed by atoms with E-state index in [4.69, 9.17) is 5.73 Å². The smallest absolute Gasteiger partial charge is 0.143 e. The zero-order chi connectivity index (χ0) is 14.8. The van der Waals surface area contributed by atoms with Gasteiger partial charge in [-0.15, -0.1) is 36.2 Å². The van der Waals surface area contributed by atoms with Crippen molar-refractivity contribution in [3.8, 4) is 5.75 Å². The predicted octanol–water partition coefficient (Wildman–Crippen LogP) is 3.18. The molecule has 0 spiro atoms. The van der Waals surface area contributed by atoms with E-state index in [0.717, 1.165) is 37.3 Å². The zero-order valence-electron chi connectivity index (χ0n) is 13.0. The summed E-state index contributed by atoms with van der Waals surface area (Å²) in [6.07, 6.45) is 0. The molecule has 1 aromatic heterocycles. The van der Waals surface area contributed by atoms with Crippen molar-refractivity contribution in [1.82, 2.24) is 10.2 Å². The highest BCUT2D eigenvalue weighted by Gasteiger charge is 2.28. The summed E-state index contributed by atoms with van der Waals surface area (Å²) in [4.78, 5) is 3.67. The maximum Gasteiger partial charge on any atom is 0.143 e. The molecule has 0 amide bonds. The van der Waals surface area contributed by atoms with Crippen LogP contribution in [0.5, 0.6) is 5.75 Å². The van der Waals surface area contributed by atoms with E-state index < -0.39 is 0 Å². The molecule has 0 bridgehead atoms. The van der Waals surface area contributed by atoms with Gasteiger partial charge >= 0.3 is 0 Å². The maximum atomic E-state index is 10.5. The van der Waals surface area contributed by atoms with Crippen LogP contribution in [0.2, 0.25) is 0 Å². The van der Waals surface area contributed by atoms with Crippen LogP contribution >= 0.6 is 36.2 Å². The zero-order valence-corrected chi connectivity index (χ0v) is 15.4. The fourth-order valence-corrected chi connectivity index (χ4v) is 3.83. The minimum absolute atomic E-state index is 0. The van der Waals surface area contributed by atoms with Crippen molar-refractivity contribution in [3.63, 3.8) is 0 Å². The predicted molar refractivity (Wildman–Crippen MR) is 102 cm³/mol. The summed E-state index contributed by atoms with van der Waals surface area (Å²) in [5.74, 6) is 0.229. The van der Waals surface area contributed by atoms with Gasteiger partial charge < -0.3 is 16.2 Å². The summed E-state index contributed by atoms with van der Waals surface area (Å²) in [6.45, 7) is 5.93. The van der Waals surface area contributed by atoms with Gasteiger partial charge in [0.05, 0.1) is 11.7 Å². The molecule has 0 unspecified atom stereocenters. The van der Waals surface area contributed by atoms with Crippen molar-refractivity contribution < 1.29 is 5.11 Å². The molecule has 7 heteroatoms. The van der Waals surface area contributed by atoms with Gasteiger partial charge in [0.15, 0.2) is 0 Å². The fraction of sp³-hybridized carbons (Fsp3) is 0.375. The van der Waals surface area contributed by atoms with Crippen molar-refractivity contribution in [2.45, 2.75) is 13.0 Å². The number of rotatable bonds is 3. The topological polar surface area (TPSA) is 61.5 Å². The average Bonchev–Trinajstić information content (AvgIpc) is 3.02. The summed E-state index contributed by atoms with van der Waals surface area (Å²) < 4.78 is 0. The minimum atomic E-state index is 0. The third kappa shape index (κ3) is 4.11. The van der Waals surface area contributed by atoms with Gasteiger partial charge in [-0.25, -0.2) is 0 Å². The number of nitrogens with two attached hydrogens (primary N) is 1. The Kier molecular flexibility index (Phi) is 7.64. The molecular weight excluding hydrogens is 353 g/mol. The van der Waals surface area contributed by atoms with Gasteiger partial charge in [0, 0.05) is 36.6 Å². The Bertz CT molecular complexity index is 616. The molecule has 2 aromatic rings. The molecule has 23 heavy (non-hydrogen) atoms. The van der Waals surface area contributed by atoms with Crippen LogP contribution in [0, 0.1) is 6.92 Å². The van der Waals surface area contributed by atoms with Gasteiger partial charge in [0.25, 0.3) is 0 Å². The van der Waals surface area contributed by atoms with Crippen molar-refractivity contribution >= 4 is 41.8 Å². The van der Waals surface area contributed by atoms with Crippen LogP contribution in [0.4, 0.5) is 5.69 Å². The van der Waals surface area contributed by atoms with E-state index >= 15 is 0 Å². The summed E-state index contributed by atoms with van der Waals surface area (Å²) >= 11 is 1.73. The number of hydrogen-bond donors (Lipinski definition) is 3. The van der Waals surface area contributed by atoms with Gasteiger partial charge in [-0.1, -0.05) is 12.1 Å². The molecule has 0 aliphatic carbocycles. The Labute approximate surface area is 153 Å². The number of benzene rings is 1. The lowest BCUT2D eigenvalue weighted by Gasteiger charge is -2.35. The second-order valence-electron chi connectivity index (χ2n) is 5.44. The number of phenols is 1. The monoisotopic (exact) mass is 375 g/mol. The molecule has 4 nitrogen and oxygen atoms in total. The van der Waals surface area contributed by atoms with Crippen molar-refractivity contribution in [3.05, 3.63) is 45.6 Å². The van der Waals surface area contributed by atoms with Crippen LogP contribution in [-0.4, -0.2) is 36.2 Å². The first kappa shape index (κ1) is 20.1. The Morgan fingerprint density at radius 1 is 1.22 bits per heavy atom. The number of halogens is 2. The van der Waals surface area contributed by atoms with Crippen molar-refractivity contribution in [1.29, 1.82) is 0 Å². The van der Waals surface area contributed by atoms with E-state index in [1.807, 2.05) is 13.0 Å². The number of nitrogen functional groups attached to an aromatic ring is 1. The Morgan fingerprint density at radius 3 is 2.52 bits per heavy atom. The molecule has 1 aliphatic heterocycles. The van der Waals surface area contributed by atoms with Gasteiger partial charge in [0.2, 0.25) is 0 Å². The standard InChI is InChI=1S/C16H21N3OS.2ClH/c1-11-4-5-12(17)16(20)14(11)15(13-3-2-10-21-13)19-8-6-18-7-9-19;;/h2-5,10,15,18,20H,6-9,17H2,1H3;2*1H/t15-;;/m0../s1. The van der Waals surface area contributed by atoms with E-state index in [0.29, 0.717) is 5.69 Å². The molecule has 0 radical (unpaired) electrons. The lowest BCUT2D eigenvalue weighted by atomic mass is 9.96. The van der Waals surface area contributed by atoms with Crippen molar-refractivity contribution in [2.75, 3.05) is 31.9 Å². The number of thiophene rings is 1. The number of nitrogens with one attached hydrogen (secondary N) is 1. The molecule has 1 saturated heterocycles. The molecule has 0 saturated carbocycles. The number of piperazine rings is 1. The molecule has 4 N–H and O–H groups in total. The molecule has 1 aliphatic rings. The van der Waals surface area contributed by atoms with E-state index in [1.54, 1.807) is 17.4 Å². The summed E-state index contributed by atoms with van der Waals surface area (Å²) in [7, 11) is 0. The number of nitrogens with zero attached hydrogens (tertiary/aromatic N) is 1. The summed E-state index contributed by atoms with van der Waals surface area (Å²) in [5.41, 5.74) is 8.41. The van der Waals surface area contributed by atoms with Gasteiger partial charge in [-0.2, -0.15) is 0 Å². The largest absolute Gasteiger partial charge is 0.505 e. The SMILES string of the molecule is Cc1ccc(N)c(O)c1[C@H](c1cccs1)N1CCNCC1.Cl.Cl. The Hall–Kier alpha value is -0.980. The third-order valence-electron chi connectivity index (χ3n) is 4.07. The van der Waals surface area contributed by atoms with E-state index in [9.17, 15) is 5.11 Å². The highest BCUT2D eigenvalue weighted by molar-refractivity contribution is 7.10. The molecule has 3 rings (SSSR count). The average molecular weight is 376 g/mol. The Balaban J connectivity index is 0.00000132. The van der Waals surface area contributed by atoms with E-state index in [2.05, 4.69) is 27.7 Å². The van der Waals surface area contributed by atoms with Crippen molar-refractivity contribution in [2.24, 2.45) is 0 Å². The lowest BCUT2D eigenvalue weighted by Crippen LogP contribution is -2.45. The van der Waals surface area contributed by atoms with Crippen LogP contribution in [0.3, 0.4) is 0 Å². The van der Waals surface area contributed by atoms with Gasteiger partial charge in [-0.05, 0) is 30.0 Å². The van der Waals surface area contributed by atoms with Crippen LogP contribution in [0.15, 0.2) is 29.6 Å².